The maximum absolute atomic E-state index is 12.1. The van der Waals surface area contributed by atoms with Crippen LogP contribution in [0.2, 0.25) is 0 Å². The number of nitrogens with zero attached hydrogens (tertiary/aromatic N) is 1. The van der Waals surface area contributed by atoms with E-state index in [0.29, 0.717) is 11.5 Å². The highest BCUT2D eigenvalue weighted by Gasteiger charge is 2.23. The van der Waals surface area contributed by atoms with Crippen molar-refractivity contribution in [2.75, 3.05) is 40.5 Å². The lowest BCUT2D eigenvalue weighted by Crippen LogP contribution is -2.45. The molecule has 0 saturated heterocycles. The normalized spacial score (nSPS) is 11.5. The van der Waals surface area contributed by atoms with Crippen molar-refractivity contribution in [3.63, 3.8) is 0 Å². The Balaban J connectivity index is 2.80. The summed E-state index contributed by atoms with van der Waals surface area (Å²) in [6, 6.07) is 4.75. The standard InChI is InChI=1S/C16H24N2O6/c1-11(12-4-5-13(23-2)14(10-12)24-3)17-15(21)16(22)18(6-8-19)7-9-20/h4-5,10-11,19-20H,6-9H2,1-3H3,(H,17,21). The Kier molecular flexibility index (Phi) is 8.00. The molecule has 3 N–H and O–H groups in total. The van der Waals surface area contributed by atoms with Crippen molar-refractivity contribution in [1.82, 2.24) is 10.2 Å². The van der Waals surface area contributed by atoms with Crippen molar-refractivity contribution in [3.8, 4) is 11.5 Å². The lowest BCUT2D eigenvalue weighted by molar-refractivity contribution is -0.146. The number of methoxy groups -OCH3 is 2. The third-order valence-electron chi connectivity index (χ3n) is 3.48. The number of ether oxygens (including phenoxy) is 2. The van der Waals surface area contributed by atoms with Gasteiger partial charge in [0.1, 0.15) is 0 Å². The number of aliphatic hydroxyl groups excluding tert-OH is 2. The van der Waals surface area contributed by atoms with Crippen molar-refractivity contribution >= 4 is 11.8 Å². The van der Waals surface area contributed by atoms with Gasteiger partial charge in [-0.25, -0.2) is 0 Å². The van der Waals surface area contributed by atoms with E-state index in [9.17, 15) is 9.59 Å². The second-order valence-electron chi connectivity index (χ2n) is 5.05. The zero-order chi connectivity index (χ0) is 18.1. The lowest BCUT2D eigenvalue weighted by Gasteiger charge is -2.22. The minimum absolute atomic E-state index is 0.0163. The number of hydrogen-bond acceptors (Lipinski definition) is 6. The smallest absolute Gasteiger partial charge is 0.312 e. The Morgan fingerprint density at radius 2 is 1.71 bits per heavy atom. The molecule has 8 heteroatoms. The Hall–Kier alpha value is -2.32. The molecular weight excluding hydrogens is 316 g/mol. The van der Waals surface area contributed by atoms with Crippen LogP contribution in [-0.2, 0) is 9.59 Å². The molecular formula is C16H24N2O6. The van der Waals surface area contributed by atoms with Crippen LogP contribution in [0.3, 0.4) is 0 Å². The summed E-state index contributed by atoms with van der Waals surface area (Å²) in [6.07, 6.45) is 0. The zero-order valence-electron chi connectivity index (χ0n) is 14.1. The number of hydrogen-bond donors (Lipinski definition) is 3. The number of nitrogens with one attached hydrogen (secondary N) is 1. The molecule has 2 amide bonds. The summed E-state index contributed by atoms with van der Waals surface area (Å²) in [5.41, 5.74) is 0.740. The van der Waals surface area contributed by atoms with E-state index in [2.05, 4.69) is 5.32 Å². The van der Waals surface area contributed by atoms with E-state index in [1.807, 2.05) is 0 Å². The van der Waals surface area contributed by atoms with Gasteiger partial charge in [-0.2, -0.15) is 0 Å². The summed E-state index contributed by atoms with van der Waals surface area (Å²) in [5.74, 6) is -0.526. The van der Waals surface area contributed by atoms with Crippen molar-refractivity contribution in [1.29, 1.82) is 0 Å². The number of amides is 2. The molecule has 0 aliphatic heterocycles. The topological polar surface area (TPSA) is 108 Å². The second kappa shape index (κ2) is 9.74. The van der Waals surface area contributed by atoms with Crippen molar-refractivity contribution in [3.05, 3.63) is 23.8 Å². The maximum Gasteiger partial charge on any atom is 0.312 e. The Morgan fingerprint density at radius 1 is 1.12 bits per heavy atom. The predicted octanol–water partition coefficient (Wildman–Crippen LogP) is -0.306. The van der Waals surface area contributed by atoms with Crippen LogP contribution in [0, 0.1) is 0 Å². The van der Waals surface area contributed by atoms with E-state index >= 15 is 0 Å². The minimum Gasteiger partial charge on any atom is -0.493 e. The van der Waals surface area contributed by atoms with Crippen LogP contribution < -0.4 is 14.8 Å². The van der Waals surface area contributed by atoms with Crippen LogP contribution in [0.15, 0.2) is 18.2 Å². The van der Waals surface area contributed by atoms with Gasteiger partial charge in [0.2, 0.25) is 0 Å². The van der Waals surface area contributed by atoms with Gasteiger partial charge >= 0.3 is 11.8 Å². The van der Waals surface area contributed by atoms with E-state index in [4.69, 9.17) is 19.7 Å². The van der Waals surface area contributed by atoms with Gasteiger partial charge in [0.05, 0.1) is 33.5 Å². The first-order valence-electron chi connectivity index (χ1n) is 7.51. The summed E-state index contributed by atoms with van der Waals surface area (Å²) >= 11 is 0. The molecule has 0 aliphatic carbocycles. The summed E-state index contributed by atoms with van der Waals surface area (Å²) in [4.78, 5) is 25.2. The van der Waals surface area contributed by atoms with E-state index in [-0.39, 0.29) is 26.3 Å². The van der Waals surface area contributed by atoms with Crippen LogP contribution in [0.4, 0.5) is 0 Å². The first-order valence-corrected chi connectivity index (χ1v) is 7.51. The maximum atomic E-state index is 12.1. The average Bonchev–Trinajstić information content (AvgIpc) is 2.60. The zero-order valence-corrected chi connectivity index (χ0v) is 14.1. The van der Waals surface area contributed by atoms with Crippen LogP contribution >= 0.6 is 0 Å². The number of aliphatic hydroxyl groups is 2. The first-order chi connectivity index (χ1) is 11.5. The monoisotopic (exact) mass is 340 g/mol. The minimum atomic E-state index is -0.806. The average molecular weight is 340 g/mol. The molecule has 0 spiro atoms. The second-order valence-corrected chi connectivity index (χ2v) is 5.05. The highest BCUT2D eigenvalue weighted by atomic mass is 16.5. The van der Waals surface area contributed by atoms with E-state index < -0.39 is 17.9 Å². The first kappa shape index (κ1) is 19.7. The van der Waals surface area contributed by atoms with Crippen molar-refractivity contribution < 1.29 is 29.3 Å². The molecule has 8 nitrogen and oxygen atoms in total. The number of carbonyl (C=O) groups is 2. The summed E-state index contributed by atoms with van der Waals surface area (Å²) in [5, 5.41) is 20.4. The molecule has 0 aromatic heterocycles. The molecule has 24 heavy (non-hydrogen) atoms. The highest BCUT2D eigenvalue weighted by molar-refractivity contribution is 6.35. The summed E-state index contributed by atoms with van der Waals surface area (Å²) in [7, 11) is 3.04. The summed E-state index contributed by atoms with van der Waals surface area (Å²) < 4.78 is 10.4. The number of benzene rings is 1. The van der Waals surface area contributed by atoms with Crippen LogP contribution in [-0.4, -0.2) is 67.5 Å². The van der Waals surface area contributed by atoms with Gasteiger partial charge in [0.15, 0.2) is 11.5 Å². The van der Waals surface area contributed by atoms with E-state index in [0.717, 1.165) is 10.5 Å². The fourth-order valence-corrected chi connectivity index (χ4v) is 2.16. The largest absolute Gasteiger partial charge is 0.493 e. The SMILES string of the molecule is COc1ccc(C(C)NC(=O)C(=O)N(CCO)CCO)cc1OC. The van der Waals surface area contributed by atoms with Crippen molar-refractivity contribution in [2.45, 2.75) is 13.0 Å². The van der Waals surface area contributed by atoms with Gasteiger partial charge in [-0.15, -0.1) is 0 Å². The van der Waals surface area contributed by atoms with Gasteiger partial charge in [-0.3, -0.25) is 9.59 Å². The highest BCUT2D eigenvalue weighted by Crippen LogP contribution is 2.29. The molecule has 1 unspecified atom stereocenters. The molecule has 1 aromatic rings. The molecule has 134 valence electrons. The fraction of sp³-hybridized carbons (Fsp3) is 0.500. The summed E-state index contributed by atoms with van der Waals surface area (Å²) in [6.45, 7) is 1.12. The molecule has 0 bridgehead atoms. The van der Waals surface area contributed by atoms with Crippen molar-refractivity contribution in [2.24, 2.45) is 0 Å². The molecule has 0 radical (unpaired) electrons. The van der Waals surface area contributed by atoms with Gasteiger partial charge in [0.25, 0.3) is 0 Å². The predicted molar refractivity (Wildman–Crippen MR) is 86.9 cm³/mol. The molecule has 1 aromatic carbocycles. The van der Waals surface area contributed by atoms with Crippen LogP contribution in [0.1, 0.15) is 18.5 Å². The van der Waals surface area contributed by atoms with E-state index in [1.165, 1.54) is 14.2 Å². The molecule has 0 saturated carbocycles. The third-order valence-corrected chi connectivity index (χ3v) is 3.48. The van der Waals surface area contributed by atoms with Gasteiger partial charge in [0, 0.05) is 13.1 Å². The van der Waals surface area contributed by atoms with Crippen LogP contribution in [0.25, 0.3) is 0 Å². The van der Waals surface area contributed by atoms with Gasteiger partial charge < -0.3 is 29.9 Å². The molecule has 0 fully saturated rings. The van der Waals surface area contributed by atoms with Gasteiger partial charge in [-0.05, 0) is 24.6 Å². The fourth-order valence-electron chi connectivity index (χ4n) is 2.16. The quantitative estimate of drug-likeness (QED) is 0.561. The molecule has 0 aliphatic rings. The Labute approximate surface area is 141 Å². The molecule has 1 rings (SSSR count). The number of carbonyl (C=O) groups excluding carboxylic acids is 2. The van der Waals surface area contributed by atoms with Crippen LogP contribution in [0.5, 0.6) is 11.5 Å². The third kappa shape index (κ3) is 5.10. The Bertz CT molecular complexity index is 557. The molecule has 0 heterocycles. The Morgan fingerprint density at radius 3 is 2.21 bits per heavy atom. The van der Waals surface area contributed by atoms with Gasteiger partial charge in [-0.1, -0.05) is 6.07 Å². The number of rotatable bonds is 8. The molecule has 1 atom stereocenters. The van der Waals surface area contributed by atoms with E-state index in [1.54, 1.807) is 25.1 Å². The lowest BCUT2D eigenvalue weighted by atomic mass is 10.1.